The molecule has 0 aromatic heterocycles. The Hall–Kier alpha value is -3.19. The topological polar surface area (TPSA) is 95.9 Å². The zero-order chi connectivity index (χ0) is 23.9. The Kier molecular flexibility index (Phi) is 5.90. The van der Waals surface area contributed by atoms with Crippen molar-refractivity contribution in [2.75, 3.05) is 7.11 Å². The number of nitrogens with zero attached hydrogens (tertiary/aromatic N) is 1. The van der Waals surface area contributed by atoms with Gasteiger partial charge >= 0.3 is 5.97 Å². The lowest BCUT2D eigenvalue weighted by Crippen LogP contribution is -2.58. The molecule has 4 unspecified atom stereocenters. The van der Waals surface area contributed by atoms with Gasteiger partial charge in [0.25, 0.3) is 0 Å². The van der Waals surface area contributed by atoms with Crippen LogP contribution in [-0.4, -0.2) is 46.5 Å². The number of methoxy groups -OCH3 is 1. The number of carbonyl (C=O) groups is 3. The molecular weight excluding hydrogens is 432 g/mol. The Labute approximate surface area is 199 Å². The van der Waals surface area contributed by atoms with Gasteiger partial charge in [-0.2, -0.15) is 0 Å². The molecule has 0 bridgehead atoms. The average molecular weight is 463 g/mol. The van der Waals surface area contributed by atoms with E-state index in [0.717, 1.165) is 37.7 Å². The van der Waals surface area contributed by atoms with Gasteiger partial charge in [0.1, 0.15) is 11.3 Å². The minimum Gasteiger partial charge on any atom is -0.496 e. The third-order valence-electron chi connectivity index (χ3n) is 7.81. The molecule has 1 aliphatic carbocycles. The number of imide groups is 1. The minimum atomic E-state index is -1.60. The monoisotopic (exact) mass is 462 g/mol. The summed E-state index contributed by atoms with van der Waals surface area (Å²) in [5, 5.41) is 13.9. The quantitative estimate of drug-likeness (QED) is 0.640. The van der Waals surface area contributed by atoms with E-state index in [2.05, 4.69) is 5.32 Å². The fourth-order valence-electron chi connectivity index (χ4n) is 6.27. The van der Waals surface area contributed by atoms with Crippen LogP contribution in [0.2, 0.25) is 0 Å². The standard InChI is InChI=1S/C27H30N2O5/c1-34-20-15-9-8-14-19(20)23-21-22(25(31)29(24(21)30)18-12-6-3-7-13-18)27(28-23,26(32)33)16-17-10-4-2-5-11-17/h2,4-5,8-11,14-15,18,21-23,28H,3,6-7,12-13,16H2,1H3,(H,32,33). The first kappa shape index (κ1) is 22.6. The number of carboxylic acid groups (broad SMARTS) is 1. The first-order valence-electron chi connectivity index (χ1n) is 12.0. The molecule has 0 spiro atoms. The molecule has 2 saturated heterocycles. The van der Waals surface area contributed by atoms with Crippen molar-refractivity contribution in [3.8, 4) is 5.75 Å². The summed E-state index contributed by atoms with van der Waals surface area (Å²) in [7, 11) is 1.55. The van der Waals surface area contributed by atoms with Crippen molar-refractivity contribution in [2.45, 2.75) is 56.1 Å². The number of fused-ring (bicyclic) bond motifs is 1. The van der Waals surface area contributed by atoms with Crippen LogP contribution in [0.1, 0.15) is 49.3 Å². The predicted molar refractivity (Wildman–Crippen MR) is 125 cm³/mol. The molecule has 2 aromatic carbocycles. The molecule has 7 nitrogen and oxygen atoms in total. The smallest absolute Gasteiger partial charge is 0.325 e. The number of aliphatic carboxylic acids is 1. The van der Waals surface area contributed by atoms with Crippen LogP contribution in [-0.2, 0) is 20.8 Å². The van der Waals surface area contributed by atoms with Gasteiger partial charge in [0, 0.05) is 24.1 Å². The summed E-state index contributed by atoms with van der Waals surface area (Å²) in [6, 6.07) is 15.8. The SMILES string of the molecule is COc1ccccc1C1NC(Cc2ccccc2)(C(=O)O)C2C(=O)N(C3CCCCC3)C(=O)C12. The number of hydrogen-bond donors (Lipinski definition) is 2. The van der Waals surface area contributed by atoms with Crippen LogP contribution in [0.15, 0.2) is 54.6 Å². The number of para-hydroxylation sites is 1. The van der Waals surface area contributed by atoms with Gasteiger partial charge in [0.2, 0.25) is 11.8 Å². The van der Waals surface area contributed by atoms with Crippen molar-refractivity contribution in [3.05, 3.63) is 65.7 Å². The summed E-state index contributed by atoms with van der Waals surface area (Å²) in [6.45, 7) is 0. The van der Waals surface area contributed by atoms with Crippen molar-refractivity contribution in [2.24, 2.45) is 11.8 Å². The highest BCUT2D eigenvalue weighted by molar-refractivity contribution is 6.09. The maximum atomic E-state index is 13.9. The van der Waals surface area contributed by atoms with E-state index in [0.29, 0.717) is 11.3 Å². The number of hydrogen-bond acceptors (Lipinski definition) is 5. The second kappa shape index (κ2) is 8.87. The van der Waals surface area contributed by atoms with Crippen molar-refractivity contribution in [1.82, 2.24) is 10.2 Å². The number of nitrogens with one attached hydrogen (secondary N) is 1. The molecule has 5 rings (SSSR count). The Morgan fingerprint density at radius 1 is 1.03 bits per heavy atom. The van der Waals surface area contributed by atoms with Gasteiger partial charge in [-0.3, -0.25) is 24.6 Å². The average Bonchev–Trinajstić information content (AvgIpc) is 3.34. The van der Waals surface area contributed by atoms with Crippen LogP contribution < -0.4 is 10.1 Å². The molecule has 4 atom stereocenters. The number of rotatable bonds is 6. The van der Waals surface area contributed by atoms with Gasteiger partial charge < -0.3 is 9.84 Å². The molecule has 2 heterocycles. The van der Waals surface area contributed by atoms with Gasteiger partial charge in [-0.25, -0.2) is 0 Å². The Balaban J connectivity index is 1.63. The summed E-state index contributed by atoms with van der Waals surface area (Å²) in [5.41, 5.74) is -0.107. The van der Waals surface area contributed by atoms with E-state index in [1.165, 1.54) is 4.90 Å². The van der Waals surface area contributed by atoms with Crippen LogP contribution in [0, 0.1) is 11.8 Å². The van der Waals surface area contributed by atoms with Gasteiger partial charge in [-0.15, -0.1) is 0 Å². The summed E-state index contributed by atoms with van der Waals surface area (Å²) >= 11 is 0. The summed E-state index contributed by atoms with van der Waals surface area (Å²) < 4.78 is 5.56. The molecule has 3 fully saturated rings. The molecule has 1 saturated carbocycles. The van der Waals surface area contributed by atoms with Gasteiger partial charge in [-0.05, 0) is 24.5 Å². The van der Waals surface area contributed by atoms with Crippen molar-refractivity contribution >= 4 is 17.8 Å². The number of carboxylic acids is 1. The summed E-state index contributed by atoms with van der Waals surface area (Å²) in [5.74, 6) is -2.96. The molecule has 2 aliphatic heterocycles. The van der Waals surface area contributed by atoms with E-state index in [9.17, 15) is 19.5 Å². The highest BCUT2D eigenvalue weighted by Gasteiger charge is 2.69. The van der Waals surface area contributed by atoms with Crippen molar-refractivity contribution in [1.29, 1.82) is 0 Å². The molecular formula is C27H30N2O5. The number of carbonyl (C=O) groups excluding carboxylic acids is 2. The summed E-state index contributed by atoms with van der Waals surface area (Å²) in [4.78, 5) is 42.2. The van der Waals surface area contributed by atoms with Crippen molar-refractivity contribution < 1.29 is 24.2 Å². The number of likely N-dealkylation sites (tertiary alicyclic amines) is 1. The van der Waals surface area contributed by atoms with Crippen LogP contribution in [0.4, 0.5) is 0 Å². The highest BCUT2D eigenvalue weighted by Crippen LogP contribution is 2.52. The van der Waals surface area contributed by atoms with Crippen molar-refractivity contribution in [3.63, 3.8) is 0 Å². The molecule has 2 amide bonds. The second-order valence-electron chi connectivity index (χ2n) is 9.64. The number of amides is 2. The Morgan fingerprint density at radius 2 is 1.71 bits per heavy atom. The maximum absolute atomic E-state index is 13.9. The zero-order valence-corrected chi connectivity index (χ0v) is 19.3. The fourth-order valence-corrected chi connectivity index (χ4v) is 6.27. The number of benzene rings is 2. The largest absolute Gasteiger partial charge is 0.496 e. The summed E-state index contributed by atoms with van der Waals surface area (Å²) in [6.07, 6.45) is 4.70. The van der Waals surface area contributed by atoms with E-state index < -0.39 is 29.4 Å². The molecule has 3 aliphatic rings. The Morgan fingerprint density at radius 3 is 2.38 bits per heavy atom. The molecule has 2 aromatic rings. The molecule has 178 valence electrons. The van der Waals surface area contributed by atoms with Crippen LogP contribution in [0.25, 0.3) is 0 Å². The minimum absolute atomic E-state index is 0.105. The van der Waals surface area contributed by atoms with E-state index >= 15 is 0 Å². The first-order chi connectivity index (χ1) is 16.5. The third-order valence-corrected chi connectivity index (χ3v) is 7.81. The lowest BCUT2D eigenvalue weighted by Gasteiger charge is -2.34. The highest BCUT2D eigenvalue weighted by atomic mass is 16.5. The van der Waals surface area contributed by atoms with Crippen LogP contribution >= 0.6 is 0 Å². The molecule has 2 N–H and O–H groups in total. The molecule has 0 radical (unpaired) electrons. The van der Waals surface area contributed by atoms with Gasteiger partial charge in [0.15, 0.2) is 0 Å². The van der Waals surface area contributed by atoms with E-state index in [1.54, 1.807) is 13.2 Å². The first-order valence-corrected chi connectivity index (χ1v) is 12.0. The lowest BCUT2D eigenvalue weighted by atomic mass is 9.76. The molecule has 34 heavy (non-hydrogen) atoms. The third kappa shape index (κ3) is 3.50. The van der Waals surface area contributed by atoms with E-state index in [1.807, 2.05) is 48.5 Å². The zero-order valence-electron chi connectivity index (χ0n) is 19.3. The molecule has 7 heteroatoms. The predicted octanol–water partition coefficient (Wildman–Crippen LogP) is 3.34. The van der Waals surface area contributed by atoms with E-state index in [4.69, 9.17) is 4.74 Å². The lowest BCUT2D eigenvalue weighted by molar-refractivity contribution is -0.152. The second-order valence-corrected chi connectivity index (χ2v) is 9.64. The van der Waals surface area contributed by atoms with Gasteiger partial charge in [0.05, 0.1) is 18.9 Å². The van der Waals surface area contributed by atoms with Crippen LogP contribution in [0.3, 0.4) is 0 Å². The van der Waals surface area contributed by atoms with E-state index in [-0.39, 0.29) is 24.3 Å². The van der Waals surface area contributed by atoms with Gasteiger partial charge in [-0.1, -0.05) is 67.8 Å². The normalized spacial score (nSPS) is 29.3. The number of ether oxygens (including phenoxy) is 1. The van der Waals surface area contributed by atoms with Crippen LogP contribution in [0.5, 0.6) is 5.75 Å². The fraction of sp³-hybridized carbons (Fsp3) is 0.444. The Bertz CT molecular complexity index is 1100. The maximum Gasteiger partial charge on any atom is 0.325 e.